The molecule has 11 heteroatoms. The molecule has 0 bridgehead atoms. The van der Waals surface area contributed by atoms with Crippen LogP contribution in [0.2, 0.25) is 0 Å². The summed E-state index contributed by atoms with van der Waals surface area (Å²) < 4.78 is 4.87. The quantitative estimate of drug-likeness (QED) is 0.408. The van der Waals surface area contributed by atoms with Gasteiger partial charge in [0.2, 0.25) is 0 Å². The molecule has 0 aliphatic heterocycles. The molecular formula is C15H13N5O5S. The zero-order chi connectivity index (χ0) is 19.1. The summed E-state index contributed by atoms with van der Waals surface area (Å²) in [5, 5.41) is 13.1. The molecule has 1 aromatic carbocycles. The fraction of sp³-hybridized carbons (Fsp3) is 0.0667. The molecule has 0 saturated heterocycles. The first-order valence-electron chi connectivity index (χ1n) is 7.06. The minimum absolute atomic E-state index is 0.00195. The predicted octanol–water partition coefficient (Wildman–Crippen LogP) is 0.948. The Balaban J connectivity index is 1.97. The fourth-order valence-corrected chi connectivity index (χ4v) is 2.01. The Labute approximate surface area is 152 Å². The van der Waals surface area contributed by atoms with Crippen molar-refractivity contribution in [2.45, 2.75) is 0 Å². The normalized spacial score (nSPS) is 9.73. The van der Waals surface area contributed by atoms with E-state index in [9.17, 15) is 19.7 Å². The highest BCUT2D eigenvalue weighted by atomic mass is 32.1. The van der Waals surface area contributed by atoms with E-state index in [2.05, 4.69) is 21.2 Å². The number of benzene rings is 1. The van der Waals surface area contributed by atoms with Crippen LogP contribution in [0.4, 0.5) is 5.69 Å². The number of carbonyl (C=O) groups is 2. The van der Waals surface area contributed by atoms with Crippen LogP contribution >= 0.6 is 12.2 Å². The van der Waals surface area contributed by atoms with E-state index in [1.54, 1.807) is 0 Å². The number of hydrogen-bond donors (Lipinski definition) is 3. The number of hydrogen-bond acceptors (Lipinski definition) is 7. The van der Waals surface area contributed by atoms with Crippen LogP contribution in [-0.2, 0) is 0 Å². The Morgan fingerprint density at radius 2 is 1.81 bits per heavy atom. The first-order valence-corrected chi connectivity index (χ1v) is 7.47. The number of amides is 2. The second-order valence-electron chi connectivity index (χ2n) is 4.74. The van der Waals surface area contributed by atoms with Crippen molar-refractivity contribution in [3.63, 3.8) is 0 Å². The van der Waals surface area contributed by atoms with Gasteiger partial charge in [-0.25, -0.2) is 0 Å². The zero-order valence-electron chi connectivity index (χ0n) is 13.4. The highest BCUT2D eigenvalue weighted by molar-refractivity contribution is 7.80. The van der Waals surface area contributed by atoms with Gasteiger partial charge in [0, 0.05) is 29.6 Å². The Hall–Kier alpha value is -3.60. The molecule has 10 nitrogen and oxygen atoms in total. The van der Waals surface area contributed by atoms with E-state index in [4.69, 9.17) is 17.0 Å². The largest absolute Gasteiger partial charge is 0.490 e. The van der Waals surface area contributed by atoms with Gasteiger partial charge in [-0.05, 0) is 36.5 Å². The van der Waals surface area contributed by atoms with E-state index in [1.807, 2.05) is 0 Å². The molecular weight excluding hydrogens is 362 g/mol. The second kappa shape index (κ2) is 8.48. The van der Waals surface area contributed by atoms with Crippen molar-refractivity contribution in [2.24, 2.45) is 0 Å². The molecule has 26 heavy (non-hydrogen) atoms. The van der Waals surface area contributed by atoms with E-state index in [0.29, 0.717) is 5.56 Å². The number of hydrazine groups is 1. The summed E-state index contributed by atoms with van der Waals surface area (Å²) in [6.45, 7) is 0. The number of thiocarbonyl (C=S) groups is 1. The molecule has 2 aromatic rings. The highest BCUT2D eigenvalue weighted by Crippen LogP contribution is 2.27. The predicted molar refractivity (Wildman–Crippen MR) is 94.6 cm³/mol. The number of carbonyl (C=O) groups excluding carboxylic acids is 2. The van der Waals surface area contributed by atoms with Gasteiger partial charge in [0.1, 0.15) is 0 Å². The van der Waals surface area contributed by atoms with E-state index in [1.165, 1.54) is 43.8 Å². The molecule has 2 amide bonds. The summed E-state index contributed by atoms with van der Waals surface area (Å²) in [6, 6.07) is 6.70. The molecule has 2 rings (SSSR count). The van der Waals surface area contributed by atoms with Crippen LogP contribution in [0.15, 0.2) is 42.7 Å². The third-order valence-corrected chi connectivity index (χ3v) is 3.30. The molecule has 0 aliphatic carbocycles. The van der Waals surface area contributed by atoms with E-state index < -0.39 is 16.7 Å². The Bertz CT molecular complexity index is 859. The monoisotopic (exact) mass is 375 g/mol. The third-order valence-electron chi connectivity index (χ3n) is 3.10. The maximum absolute atomic E-state index is 12.1. The van der Waals surface area contributed by atoms with Crippen molar-refractivity contribution in [3.8, 4) is 5.75 Å². The first-order chi connectivity index (χ1) is 12.4. The number of nitro benzene ring substituents is 1. The van der Waals surface area contributed by atoms with Crippen LogP contribution in [-0.4, -0.2) is 33.9 Å². The van der Waals surface area contributed by atoms with Crippen LogP contribution in [0.3, 0.4) is 0 Å². The summed E-state index contributed by atoms with van der Waals surface area (Å²) in [4.78, 5) is 38.1. The molecule has 134 valence electrons. The van der Waals surface area contributed by atoms with Crippen LogP contribution in [0.5, 0.6) is 5.75 Å². The van der Waals surface area contributed by atoms with Gasteiger partial charge in [-0.15, -0.1) is 0 Å². The minimum Gasteiger partial charge on any atom is -0.490 e. The van der Waals surface area contributed by atoms with Crippen LogP contribution in [0, 0.1) is 10.1 Å². The maximum Gasteiger partial charge on any atom is 0.311 e. The molecule has 0 aliphatic rings. The summed E-state index contributed by atoms with van der Waals surface area (Å²) in [7, 11) is 1.28. The second-order valence-corrected chi connectivity index (χ2v) is 5.15. The SMILES string of the molecule is COc1ccc(C(=O)NC(=S)NNC(=O)c2ccncc2)cc1[N+](=O)[O-]. The van der Waals surface area contributed by atoms with Gasteiger partial charge in [0.25, 0.3) is 11.8 Å². The van der Waals surface area contributed by atoms with Crippen molar-refractivity contribution in [1.29, 1.82) is 0 Å². The number of aromatic nitrogens is 1. The van der Waals surface area contributed by atoms with Gasteiger partial charge in [0.05, 0.1) is 12.0 Å². The molecule has 0 fully saturated rings. The van der Waals surface area contributed by atoms with Crippen molar-refractivity contribution < 1.29 is 19.2 Å². The lowest BCUT2D eigenvalue weighted by Crippen LogP contribution is -2.48. The lowest BCUT2D eigenvalue weighted by molar-refractivity contribution is -0.385. The lowest BCUT2D eigenvalue weighted by Gasteiger charge is -2.11. The summed E-state index contributed by atoms with van der Waals surface area (Å²) in [6.07, 6.45) is 2.90. The van der Waals surface area contributed by atoms with Gasteiger partial charge in [-0.3, -0.25) is 40.9 Å². The molecule has 3 N–H and O–H groups in total. The van der Waals surface area contributed by atoms with Gasteiger partial charge in [-0.1, -0.05) is 0 Å². The third kappa shape index (κ3) is 4.70. The zero-order valence-corrected chi connectivity index (χ0v) is 14.2. The van der Waals surface area contributed by atoms with E-state index in [0.717, 1.165) is 6.07 Å². The van der Waals surface area contributed by atoms with Crippen LogP contribution in [0.25, 0.3) is 0 Å². The summed E-state index contributed by atoms with van der Waals surface area (Å²) in [5.41, 5.74) is 4.65. The van der Waals surface area contributed by atoms with Crippen LogP contribution < -0.4 is 20.9 Å². The molecule has 0 unspecified atom stereocenters. The molecule has 1 heterocycles. The smallest absolute Gasteiger partial charge is 0.311 e. The van der Waals surface area contributed by atoms with Gasteiger partial charge >= 0.3 is 5.69 Å². The Morgan fingerprint density at radius 3 is 2.42 bits per heavy atom. The minimum atomic E-state index is -0.689. The summed E-state index contributed by atoms with van der Waals surface area (Å²) >= 11 is 4.90. The lowest BCUT2D eigenvalue weighted by atomic mass is 10.2. The van der Waals surface area contributed by atoms with Crippen molar-refractivity contribution in [3.05, 3.63) is 64.0 Å². The Kier molecular flexibility index (Phi) is 6.11. The number of nitrogens with zero attached hydrogens (tertiary/aromatic N) is 2. The number of ether oxygens (including phenoxy) is 1. The van der Waals surface area contributed by atoms with E-state index >= 15 is 0 Å². The summed E-state index contributed by atoms with van der Waals surface area (Å²) in [5.74, 6) is -1.15. The molecule has 1 aromatic heterocycles. The number of nitro groups is 1. The first kappa shape index (κ1) is 18.7. The van der Waals surface area contributed by atoms with Gasteiger partial charge in [-0.2, -0.15) is 0 Å². The number of methoxy groups -OCH3 is 1. The van der Waals surface area contributed by atoms with E-state index in [-0.39, 0.29) is 22.1 Å². The number of nitrogens with one attached hydrogen (secondary N) is 3. The number of rotatable bonds is 4. The van der Waals surface area contributed by atoms with Crippen molar-refractivity contribution >= 4 is 34.8 Å². The van der Waals surface area contributed by atoms with Crippen LogP contribution in [0.1, 0.15) is 20.7 Å². The van der Waals surface area contributed by atoms with Gasteiger partial charge < -0.3 is 4.74 Å². The van der Waals surface area contributed by atoms with Crippen molar-refractivity contribution in [2.75, 3.05) is 7.11 Å². The Morgan fingerprint density at radius 1 is 1.12 bits per heavy atom. The fourth-order valence-electron chi connectivity index (χ4n) is 1.87. The highest BCUT2D eigenvalue weighted by Gasteiger charge is 2.18. The molecule has 0 atom stereocenters. The average Bonchev–Trinajstić information content (AvgIpc) is 2.66. The standard InChI is InChI=1S/C15H13N5O5S/c1-25-12-3-2-10(8-11(12)20(23)24)13(21)17-15(26)19-18-14(22)9-4-6-16-7-5-9/h2-8H,1H3,(H,18,22)(H2,17,19,21,26). The number of pyridine rings is 1. The van der Waals surface area contributed by atoms with Crippen molar-refractivity contribution in [1.82, 2.24) is 21.2 Å². The molecule has 0 spiro atoms. The molecule has 0 saturated carbocycles. The topological polar surface area (TPSA) is 135 Å². The molecule has 0 radical (unpaired) electrons. The van der Waals surface area contributed by atoms with Gasteiger partial charge in [0.15, 0.2) is 10.9 Å². The average molecular weight is 375 g/mol. The maximum atomic E-state index is 12.1.